The molecule has 1 amide bonds. The summed E-state index contributed by atoms with van der Waals surface area (Å²) >= 11 is 0. The molecule has 0 saturated heterocycles. The highest BCUT2D eigenvalue weighted by Gasteiger charge is 2.18. The number of carbonyl (C=O) groups is 2. The molecule has 0 aliphatic rings. The van der Waals surface area contributed by atoms with Crippen LogP contribution in [0.1, 0.15) is 53.4 Å². The van der Waals surface area contributed by atoms with Crippen LogP contribution in [0.15, 0.2) is 0 Å². The third-order valence-corrected chi connectivity index (χ3v) is 2.37. The van der Waals surface area contributed by atoms with E-state index in [9.17, 15) is 9.59 Å². The van der Waals surface area contributed by atoms with Gasteiger partial charge in [0.15, 0.2) is 0 Å². The molecule has 0 saturated carbocycles. The number of amides is 1. The van der Waals surface area contributed by atoms with Crippen molar-refractivity contribution < 1.29 is 19.1 Å². The van der Waals surface area contributed by atoms with Crippen molar-refractivity contribution in [1.29, 1.82) is 0 Å². The second-order valence-electron chi connectivity index (χ2n) is 5.22. The van der Waals surface area contributed by atoms with Crippen molar-refractivity contribution in [2.24, 2.45) is 0 Å². The summed E-state index contributed by atoms with van der Waals surface area (Å²) in [6.07, 6.45) is 2.21. The summed E-state index contributed by atoms with van der Waals surface area (Å²) in [5, 5.41) is 2.80. The first-order valence-corrected chi connectivity index (χ1v) is 6.34. The lowest BCUT2D eigenvalue weighted by Gasteiger charge is -2.23. The third-order valence-electron chi connectivity index (χ3n) is 2.37. The Balaban J connectivity index is 3.96. The molecule has 0 fully saturated rings. The molecule has 1 N–H and O–H groups in total. The standard InChI is InChI=1S/C13H25NO4/c1-6-10(8-7-9-11(15)17-5)14-12(16)18-13(2,3)4/h10H,6-9H2,1-5H3,(H,14,16)/t10-/m1/s1. The van der Waals surface area contributed by atoms with Crippen molar-refractivity contribution in [2.45, 2.75) is 65.0 Å². The number of carbonyl (C=O) groups excluding carboxylic acids is 2. The van der Waals surface area contributed by atoms with Crippen molar-refractivity contribution in [3.63, 3.8) is 0 Å². The van der Waals surface area contributed by atoms with E-state index in [2.05, 4.69) is 10.1 Å². The first-order valence-electron chi connectivity index (χ1n) is 6.34. The Kier molecular flexibility index (Phi) is 7.39. The van der Waals surface area contributed by atoms with E-state index in [1.165, 1.54) is 7.11 Å². The summed E-state index contributed by atoms with van der Waals surface area (Å²) in [5.41, 5.74) is -0.492. The van der Waals surface area contributed by atoms with Crippen LogP contribution < -0.4 is 5.32 Å². The molecule has 5 heteroatoms. The van der Waals surface area contributed by atoms with Crippen molar-refractivity contribution in [3.8, 4) is 0 Å². The molecule has 5 nitrogen and oxygen atoms in total. The Morgan fingerprint density at radius 1 is 1.28 bits per heavy atom. The maximum atomic E-state index is 11.6. The Hall–Kier alpha value is -1.26. The Labute approximate surface area is 109 Å². The van der Waals surface area contributed by atoms with Gasteiger partial charge in [0.25, 0.3) is 0 Å². The fraction of sp³-hybridized carbons (Fsp3) is 0.846. The van der Waals surface area contributed by atoms with E-state index < -0.39 is 11.7 Å². The highest BCUT2D eigenvalue weighted by molar-refractivity contribution is 5.69. The Bertz CT molecular complexity index is 271. The van der Waals surface area contributed by atoms with Gasteiger partial charge in [0, 0.05) is 12.5 Å². The highest BCUT2D eigenvalue weighted by Crippen LogP contribution is 2.09. The SMILES string of the molecule is CC[C@H](CCCC(=O)OC)NC(=O)OC(C)(C)C. The lowest BCUT2D eigenvalue weighted by atomic mass is 10.1. The topological polar surface area (TPSA) is 64.6 Å². The van der Waals surface area contributed by atoms with E-state index in [1.54, 1.807) is 0 Å². The second kappa shape index (κ2) is 7.95. The zero-order chi connectivity index (χ0) is 14.2. The minimum atomic E-state index is -0.492. The summed E-state index contributed by atoms with van der Waals surface area (Å²) < 4.78 is 9.74. The monoisotopic (exact) mass is 259 g/mol. The number of hydrogen-bond acceptors (Lipinski definition) is 4. The predicted octanol–water partition coefficient (Wildman–Crippen LogP) is 2.63. The number of ether oxygens (including phenoxy) is 2. The van der Waals surface area contributed by atoms with Crippen LogP contribution >= 0.6 is 0 Å². The first-order chi connectivity index (χ1) is 8.28. The van der Waals surface area contributed by atoms with E-state index in [1.807, 2.05) is 27.7 Å². The van der Waals surface area contributed by atoms with Crippen molar-refractivity contribution in [1.82, 2.24) is 5.32 Å². The quantitative estimate of drug-likeness (QED) is 0.745. The molecule has 18 heavy (non-hydrogen) atoms. The fourth-order valence-electron chi connectivity index (χ4n) is 1.45. The van der Waals surface area contributed by atoms with Crippen molar-refractivity contribution >= 4 is 12.1 Å². The van der Waals surface area contributed by atoms with Crippen molar-refractivity contribution in [3.05, 3.63) is 0 Å². The molecule has 1 atom stereocenters. The van der Waals surface area contributed by atoms with Gasteiger partial charge in [-0.1, -0.05) is 6.92 Å². The molecule has 0 unspecified atom stereocenters. The number of methoxy groups -OCH3 is 1. The number of nitrogens with one attached hydrogen (secondary N) is 1. The van der Waals surface area contributed by atoms with E-state index in [4.69, 9.17) is 4.74 Å². The number of esters is 1. The zero-order valence-corrected chi connectivity index (χ0v) is 12.0. The minimum absolute atomic E-state index is 0.0320. The van der Waals surface area contributed by atoms with E-state index in [0.29, 0.717) is 12.8 Å². The largest absolute Gasteiger partial charge is 0.469 e. The maximum Gasteiger partial charge on any atom is 0.407 e. The summed E-state index contributed by atoms with van der Waals surface area (Å²) in [5.74, 6) is -0.220. The number of rotatable bonds is 6. The summed E-state index contributed by atoms with van der Waals surface area (Å²) in [4.78, 5) is 22.5. The average Bonchev–Trinajstić information content (AvgIpc) is 2.24. The molecule has 106 valence electrons. The summed E-state index contributed by atoms with van der Waals surface area (Å²) in [6.45, 7) is 7.46. The van der Waals surface area contributed by atoms with Gasteiger partial charge in [0.2, 0.25) is 0 Å². The molecule has 0 aromatic rings. The smallest absolute Gasteiger partial charge is 0.407 e. The van der Waals surface area contributed by atoms with Gasteiger partial charge >= 0.3 is 12.1 Å². The normalized spacial score (nSPS) is 12.7. The van der Waals surface area contributed by atoms with E-state index >= 15 is 0 Å². The van der Waals surface area contributed by atoms with Crippen molar-refractivity contribution in [2.75, 3.05) is 7.11 Å². The minimum Gasteiger partial charge on any atom is -0.469 e. The van der Waals surface area contributed by atoms with Crippen LogP contribution in [0.4, 0.5) is 4.79 Å². The maximum absolute atomic E-state index is 11.6. The third kappa shape index (κ3) is 8.84. The van der Waals surface area contributed by atoms with Crippen LogP contribution in [0.2, 0.25) is 0 Å². The Morgan fingerprint density at radius 3 is 2.33 bits per heavy atom. The molecule has 0 aromatic heterocycles. The number of hydrogen-bond donors (Lipinski definition) is 1. The zero-order valence-electron chi connectivity index (χ0n) is 12.0. The van der Waals surface area contributed by atoms with Gasteiger partial charge in [-0.15, -0.1) is 0 Å². The predicted molar refractivity (Wildman–Crippen MR) is 69.3 cm³/mol. The molecule has 0 heterocycles. The highest BCUT2D eigenvalue weighted by atomic mass is 16.6. The molecule has 0 bridgehead atoms. The molecular formula is C13H25NO4. The van der Waals surface area contributed by atoms with Crippen LogP contribution in [-0.2, 0) is 14.3 Å². The first kappa shape index (κ1) is 16.7. The lowest BCUT2D eigenvalue weighted by molar-refractivity contribution is -0.140. The molecule has 0 radical (unpaired) electrons. The van der Waals surface area contributed by atoms with Gasteiger partial charge in [0.05, 0.1) is 7.11 Å². The van der Waals surface area contributed by atoms with Crippen LogP contribution in [0, 0.1) is 0 Å². The molecule has 0 spiro atoms. The molecule has 0 aliphatic carbocycles. The molecule has 0 aromatic carbocycles. The van der Waals surface area contributed by atoms with Crippen LogP contribution in [0.3, 0.4) is 0 Å². The molecule has 0 aliphatic heterocycles. The van der Waals surface area contributed by atoms with Gasteiger partial charge in [0.1, 0.15) is 5.60 Å². The van der Waals surface area contributed by atoms with Gasteiger partial charge in [-0.2, -0.15) is 0 Å². The van der Waals surface area contributed by atoms with Gasteiger partial charge in [-0.05, 0) is 40.0 Å². The lowest BCUT2D eigenvalue weighted by Crippen LogP contribution is -2.38. The van der Waals surface area contributed by atoms with E-state index in [-0.39, 0.29) is 12.0 Å². The molecular weight excluding hydrogens is 234 g/mol. The average molecular weight is 259 g/mol. The van der Waals surface area contributed by atoms with Gasteiger partial charge in [-0.3, -0.25) is 4.79 Å². The van der Waals surface area contributed by atoms with Gasteiger partial charge in [-0.25, -0.2) is 4.79 Å². The van der Waals surface area contributed by atoms with Crippen LogP contribution in [-0.4, -0.2) is 30.8 Å². The Morgan fingerprint density at radius 2 is 1.89 bits per heavy atom. The molecule has 0 rings (SSSR count). The summed E-state index contributed by atoms with van der Waals surface area (Å²) in [7, 11) is 1.37. The second-order valence-corrected chi connectivity index (χ2v) is 5.22. The van der Waals surface area contributed by atoms with E-state index in [0.717, 1.165) is 12.8 Å². The summed E-state index contributed by atoms with van der Waals surface area (Å²) in [6, 6.07) is 0.0320. The number of alkyl carbamates (subject to hydrolysis) is 1. The van der Waals surface area contributed by atoms with Crippen LogP contribution in [0.5, 0.6) is 0 Å². The van der Waals surface area contributed by atoms with Crippen LogP contribution in [0.25, 0.3) is 0 Å². The fourth-order valence-corrected chi connectivity index (χ4v) is 1.45. The van der Waals surface area contributed by atoms with Gasteiger partial charge < -0.3 is 14.8 Å².